The van der Waals surface area contributed by atoms with E-state index in [-0.39, 0.29) is 25.9 Å². The molecule has 0 spiro atoms. The monoisotopic (exact) mass is 437 g/mol. The molecule has 0 radical (unpaired) electrons. The average molecular weight is 437 g/mol. The van der Waals surface area contributed by atoms with Crippen LogP contribution in [0.25, 0.3) is 0 Å². The van der Waals surface area contributed by atoms with Crippen LogP contribution in [0.1, 0.15) is 36.2 Å². The molecule has 0 aromatic heterocycles. The fourth-order valence-electron chi connectivity index (χ4n) is 4.00. The first-order valence-corrected chi connectivity index (χ1v) is 10.2. The van der Waals surface area contributed by atoms with Crippen molar-refractivity contribution >= 4 is 0 Å². The molecule has 0 saturated heterocycles. The van der Waals surface area contributed by atoms with Crippen LogP contribution in [0, 0.1) is 11.6 Å². The van der Waals surface area contributed by atoms with Crippen molar-refractivity contribution in [3.05, 3.63) is 59.2 Å². The van der Waals surface area contributed by atoms with Crippen molar-refractivity contribution in [3.63, 3.8) is 0 Å². The quantitative estimate of drug-likeness (QED) is 0.464. The molecule has 0 amide bonds. The van der Waals surface area contributed by atoms with Gasteiger partial charge in [-0.2, -0.15) is 0 Å². The number of hydrogen-bond donors (Lipinski definition) is 5. The van der Waals surface area contributed by atoms with Crippen LogP contribution < -0.4 is 14.8 Å². The summed E-state index contributed by atoms with van der Waals surface area (Å²) >= 11 is 0. The van der Waals surface area contributed by atoms with E-state index >= 15 is 0 Å². The first-order valence-electron chi connectivity index (χ1n) is 10.2. The fraction of sp³-hybridized carbons (Fsp3) is 0.455. The molecule has 0 aliphatic carbocycles. The number of ether oxygens (including phenoxy) is 2. The zero-order valence-electron chi connectivity index (χ0n) is 16.6. The Kier molecular flexibility index (Phi) is 6.40. The van der Waals surface area contributed by atoms with Crippen LogP contribution in [-0.4, -0.2) is 57.9 Å². The smallest absolute Gasteiger partial charge is 0.129 e. The molecule has 2 heterocycles. The molecule has 31 heavy (non-hydrogen) atoms. The van der Waals surface area contributed by atoms with Gasteiger partial charge >= 0.3 is 0 Å². The van der Waals surface area contributed by atoms with Gasteiger partial charge in [0, 0.05) is 37.1 Å². The molecular weight excluding hydrogens is 412 g/mol. The third-order valence-electron chi connectivity index (χ3n) is 5.69. The minimum atomic E-state index is -0.985. The maximum Gasteiger partial charge on any atom is 0.129 e. The second-order valence-corrected chi connectivity index (χ2v) is 7.97. The van der Waals surface area contributed by atoms with Gasteiger partial charge in [0.2, 0.25) is 0 Å². The Labute approximate surface area is 177 Å². The lowest BCUT2D eigenvalue weighted by molar-refractivity contribution is -0.0247. The van der Waals surface area contributed by atoms with E-state index in [2.05, 4.69) is 5.32 Å². The largest absolute Gasteiger partial charge is 0.487 e. The van der Waals surface area contributed by atoms with E-state index in [0.717, 1.165) is 0 Å². The minimum Gasteiger partial charge on any atom is -0.487 e. The Hall–Kier alpha value is -2.30. The van der Waals surface area contributed by atoms with Crippen LogP contribution in [0.5, 0.6) is 11.5 Å². The number of fused-ring (bicyclic) bond motifs is 2. The highest BCUT2D eigenvalue weighted by molar-refractivity contribution is 5.38. The highest BCUT2D eigenvalue weighted by atomic mass is 19.1. The number of halogens is 2. The molecule has 0 fully saturated rings. The number of benzene rings is 2. The molecule has 5 N–H and O–H groups in total. The van der Waals surface area contributed by atoms with Crippen LogP contribution in [0.4, 0.5) is 8.78 Å². The lowest BCUT2D eigenvalue weighted by atomic mass is 9.95. The predicted molar refractivity (Wildman–Crippen MR) is 106 cm³/mol. The summed E-state index contributed by atoms with van der Waals surface area (Å²) in [5, 5.41) is 44.3. The molecule has 7 nitrogen and oxygen atoms in total. The summed E-state index contributed by atoms with van der Waals surface area (Å²) in [4.78, 5) is 0. The summed E-state index contributed by atoms with van der Waals surface area (Å²) in [7, 11) is 0. The van der Waals surface area contributed by atoms with Crippen molar-refractivity contribution in [1.82, 2.24) is 5.32 Å². The molecule has 2 aliphatic heterocycles. The molecular formula is C22H25F2NO6. The van der Waals surface area contributed by atoms with Crippen molar-refractivity contribution < 1.29 is 38.7 Å². The van der Waals surface area contributed by atoms with Crippen molar-refractivity contribution in [3.8, 4) is 11.5 Å². The van der Waals surface area contributed by atoms with Crippen LogP contribution in [-0.2, 0) is 0 Å². The third-order valence-corrected chi connectivity index (χ3v) is 5.69. The average Bonchev–Trinajstić information content (AvgIpc) is 2.74. The van der Waals surface area contributed by atoms with Crippen LogP contribution >= 0.6 is 0 Å². The van der Waals surface area contributed by atoms with Crippen LogP contribution in [0.15, 0.2) is 36.4 Å². The Balaban J connectivity index is 1.28. The molecule has 0 bridgehead atoms. The summed E-state index contributed by atoms with van der Waals surface area (Å²) in [5.74, 6) is -0.300. The topological polar surface area (TPSA) is 111 Å². The van der Waals surface area contributed by atoms with E-state index in [4.69, 9.17) is 9.47 Å². The lowest BCUT2D eigenvalue weighted by Gasteiger charge is -2.34. The van der Waals surface area contributed by atoms with Gasteiger partial charge in [-0.25, -0.2) is 8.78 Å². The number of rotatable bonds is 6. The van der Waals surface area contributed by atoms with Gasteiger partial charge in [-0.05, 0) is 36.4 Å². The highest BCUT2D eigenvalue weighted by Gasteiger charge is 2.34. The third kappa shape index (κ3) is 4.81. The van der Waals surface area contributed by atoms with Crippen LogP contribution in [0.2, 0.25) is 0 Å². The van der Waals surface area contributed by atoms with Gasteiger partial charge in [-0.1, -0.05) is 0 Å². The summed E-state index contributed by atoms with van der Waals surface area (Å²) in [6.45, 7) is 0.143. The predicted octanol–water partition coefficient (Wildman–Crippen LogP) is 1.35. The second kappa shape index (κ2) is 9.05. The van der Waals surface area contributed by atoms with Gasteiger partial charge < -0.3 is 35.2 Å². The van der Waals surface area contributed by atoms with E-state index in [0.29, 0.717) is 22.6 Å². The van der Waals surface area contributed by atoms with Crippen molar-refractivity contribution in [2.45, 2.75) is 49.5 Å². The van der Waals surface area contributed by atoms with Crippen molar-refractivity contribution in [1.29, 1.82) is 0 Å². The molecule has 4 rings (SSSR count). The maximum absolute atomic E-state index is 13.4. The first-order chi connectivity index (χ1) is 14.8. The molecule has 2 aromatic rings. The van der Waals surface area contributed by atoms with Gasteiger partial charge in [-0.3, -0.25) is 0 Å². The summed E-state index contributed by atoms with van der Waals surface area (Å²) < 4.78 is 38.1. The number of nitrogens with one attached hydrogen (secondary N) is 1. The van der Waals surface area contributed by atoms with Crippen molar-refractivity contribution in [2.24, 2.45) is 0 Å². The molecule has 2 aliphatic rings. The fourth-order valence-corrected chi connectivity index (χ4v) is 4.00. The Bertz CT molecular complexity index is 855. The summed E-state index contributed by atoms with van der Waals surface area (Å²) in [5.41, 5.74) is 0.694. The van der Waals surface area contributed by atoms with Gasteiger partial charge in [0.15, 0.2) is 0 Å². The minimum absolute atomic E-state index is 0.0715. The van der Waals surface area contributed by atoms with E-state index < -0.39 is 48.3 Å². The van der Waals surface area contributed by atoms with Gasteiger partial charge in [0.25, 0.3) is 0 Å². The SMILES string of the molecule is OC1C[C@@H]([C@@H](O)CNC[C@H](O)[C@H]2CC(O)c3cc(F)ccc3O2)Oc2ccc(F)cc21. The molecule has 168 valence electrons. The maximum atomic E-state index is 13.4. The van der Waals surface area contributed by atoms with Crippen LogP contribution in [0.3, 0.4) is 0 Å². The number of hydrogen-bond acceptors (Lipinski definition) is 7. The van der Waals surface area contributed by atoms with E-state index in [1.54, 1.807) is 0 Å². The molecule has 9 heteroatoms. The first kappa shape index (κ1) is 21.9. The Morgan fingerprint density at radius 3 is 1.65 bits per heavy atom. The molecule has 2 aromatic carbocycles. The zero-order chi connectivity index (χ0) is 22.1. The Morgan fingerprint density at radius 2 is 1.23 bits per heavy atom. The lowest BCUT2D eigenvalue weighted by Crippen LogP contribution is -2.47. The van der Waals surface area contributed by atoms with Gasteiger partial charge in [-0.15, -0.1) is 0 Å². The van der Waals surface area contributed by atoms with E-state index in [9.17, 15) is 29.2 Å². The van der Waals surface area contributed by atoms with Crippen molar-refractivity contribution in [2.75, 3.05) is 13.1 Å². The molecule has 6 atom stereocenters. The van der Waals surface area contributed by atoms with E-state index in [1.165, 1.54) is 36.4 Å². The number of aliphatic hydroxyl groups is 4. The number of aliphatic hydroxyl groups excluding tert-OH is 4. The van der Waals surface area contributed by atoms with E-state index in [1.807, 2.05) is 0 Å². The standard InChI is InChI=1S/C22H25F2NO6/c23-11-1-3-19-13(5-11)15(26)7-21(30-19)17(28)9-25-10-18(29)22-8-16(27)14-6-12(24)2-4-20(14)31-22/h1-6,15-18,21-22,25-29H,7-10H2/t15?,16?,17-,18-,21-,22+/m0/s1. The van der Waals surface area contributed by atoms with Gasteiger partial charge in [0.1, 0.15) is 47.5 Å². The Morgan fingerprint density at radius 1 is 0.806 bits per heavy atom. The zero-order valence-corrected chi connectivity index (χ0v) is 16.6. The highest BCUT2D eigenvalue weighted by Crippen LogP contribution is 2.37. The molecule has 2 unspecified atom stereocenters. The summed E-state index contributed by atoms with van der Waals surface area (Å²) in [6.07, 6.45) is -5.07. The normalized spacial score (nSPS) is 26.8. The second-order valence-electron chi connectivity index (χ2n) is 7.97. The molecule has 0 saturated carbocycles. The van der Waals surface area contributed by atoms with Gasteiger partial charge in [0.05, 0.1) is 12.2 Å². The summed E-state index contributed by atoms with van der Waals surface area (Å²) in [6, 6.07) is 7.70.